The number of aryl methyl sites for hydroxylation is 1. The van der Waals surface area contributed by atoms with Gasteiger partial charge in [0, 0.05) is 59.1 Å². The highest BCUT2D eigenvalue weighted by molar-refractivity contribution is 5.73. The summed E-state index contributed by atoms with van der Waals surface area (Å²) in [6.45, 7) is 7.95. The number of methoxy groups -OCH3 is 2. The van der Waals surface area contributed by atoms with Gasteiger partial charge in [0.2, 0.25) is 5.91 Å². The van der Waals surface area contributed by atoms with Crippen molar-refractivity contribution in [1.82, 2.24) is 19.8 Å². The quantitative estimate of drug-likeness (QED) is 0.0282. The van der Waals surface area contributed by atoms with E-state index in [2.05, 4.69) is 10.3 Å². The Morgan fingerprint density at radius 1 is 0.725 bits per heavy atom. The third-order valence-corrected chi connectivity index (χ3v) is 13.0. The number of nitrogens with zero attached hydrogens (tertiary/aromatic N) is 2. The van der Waals surface area contributed by atoms with Gasteiger partial charge in [0.05, 0.1) is 86.9 Å². The van der Waals surface area contributed by atoms with E-state index in [1.807, 2.05) is 83.8 Å². The average Bonchev–Trinajstić information content (AvgIpc) is 3.54. The molecule has 24 heteroatoms. The lowest BCUT2D eigenvalue weighted by Gasteiger charge is -2.47. The Balaban J connectivity index is 0.996. The van der Waals surface area contributed by atoms with E-state index in [9.17, 15) is 33.9 Å². The van der Waals surface area contributed by atoms with Crippen LogP contribution in [0.1, 0.15) is 56.2 Å². The lowest BCUT2D eigenvalue weighted by molar-refractivity contribution is -0.279. The number of aliphatic hydroxyl groups excluding tert-OH is 1. The summed E-state index contributed by atoms with van der Waals surface area (Å²) in [5.74, 6) is -1.25. The fourth-order valence-electron chi connectivity index (χ4n) is 9.31. The van der Waals surface area contributed by atoms with Gasteiger partial charge in [-0.1, -0.05) is 54.6 Å². The fraction of sp³-hybridized carbons (Fsp3) is 0.536. The molecular weight excluding hydrogens is 1050 g/mol. The van der Waals surface area contributed by atoms with E-state index in [4.69, 9.17) is 61.6 Å². The summed E-state index contributed by atoms with van der Waals surface area (Å²) in [5.41, 5.74) is -1.18. The van der Waals surface area contributed by atoms with E-state index in [1.54, 1.807) is 21.1 Å². The lowest BCUT2D eigenvalue weighted by atomic mass is 9.79. The van der Waals surface area contributed by atoms with Gasteiger partial charge in [0.15, 0.2) is 24.7 Å². The van der Waals surface area contributed by atoms with Gasteiger partial charge >= 0.3 is 23.6 Å². The maximum atomic E-state index is 13.3. The van der Waals surface area contributed by atoms with Gasteiger partial charge in [-0.15, -0.1) is 0 Å². The number of amides is 1. The Labute approximate surface area is 463 Å². The SMILES string of the molecule is COc1ccc(C(OC[C@]2(CO)CN(CCOCCOCCOCCOCCO[C@@H]3O[C@H](COC(C)=O)[C@H](OC(C)=O)[C@H](OC(C)=O)[C@H]3NC(C)=O)C[C@H](n3cc(C)c(=O)[nH]c3=O)O2)(c2ccccc2)c2ccc(OC)cc2)cc1. The van der Waals surface area contributed by atoms with Gasteiger partial charge in [-0.3, -0.25) is 38.4 Å². The zero-order valence-electron chi connectivity index (χ0n) is 46.3. The van der Waals surface area contributed by atoms with Crippen molar-refractivity contribution < 1.29 is 85.9 Å². The highest BCUT2D eigenvalue weighted by Gasteiger charge is 2.52. The van der Waals surface area contributed by atoms with E-state index in [0.717, 1.165) is 30.5 Å². The number of carbonyl (C=O) groups excluding carboxylic acids is 4. The van der Waals surface area contributed by atoms with E-state index in [0.29, 0.717) is 23.6 Å². The number of H-pyrrole nitrogens is 1. The molecular formula is C56H74N4O20. The van der Waals surface area contributed by atoms with Crippen molar-refractivity contribution in [2.45, 2.75) is 82.7 Å². The number of aromatic nitrogens is 2. The van der Waals surface area contributed by atoms with Crippen molar-refractivity contribution in [1.29, 1.82) is 0 Å². The molecule has 1 aromatic heterocycles. The molecule has 6 rings (SSSR count). The number of aliphatic hydroxyl groups is 1. The summed E-state index contributed by atoms with van der Waals surface area (Å²) in [6.07, 6.45) is -4.29. The molecule has 24 nitrogen and oxygen atoms in total. The Kier molecular flexibility index (Phi) is 24.1. The highest BCUT2D eigenvalue weighted by atomic mass is 16.7. The zero-order valence-corrected chi connectivity index (χ0v) is 46.3. The predicted octanol–water partition coefficient (Wildman–Crippen LogP) is 2.17. The number of hydrogen-bond acceptors (Lipinski definition) is 21. The first kappa shape index (κ1) is 62.6. The summed E-state index contributed by atoms with van der Waals surface area (Å²) in [6, 6.07) is 23.7. The molecule has 3 aromatic carbocycles. The molecule has 2 aliphatic rings. The number of carbonyl (C=O) groups is 4. The molecule has 2 aliphatic heterocycles. The molecule has 438 valence electrons. The van der Waals surface area contributed by atoms with Crippen molar-refractivity contribution >= 4 is 23.8 Å². The summed E-state index contributed by atoms with van der Waals surface area (Å²) in [5, 5.41) is 14.0. The summed E-state index contributed by atoms with van der Waals surface area (Å²) in [7, 11) is 3.19. The number of aromatic amines is 1. The van der Waals surface area contributed by atoms with E-state index >= 15 is 0 Å². The van der Waals surface area contributed by atoms with Gasteiger partial charge in [-0.25, -0.2) is 4.79 Å². The van der Waals surface area contributed by atoms with Gasteiger partial charge in [0.1, 0.15) is 41.5 Å². The molecule has 0 saturated carbocycles. The molecule has 3 heterocycles. The Bertz CT molecular complexity index is 2660. The fourth-order valence-corrected chi connectivity index (χ4v) is 9.31. The molecule has 3 N–H and O–H groups in total. The first-order chi connectivity index (χ1) is 38.5. The van der Waals surface area contributed by atoms with Crippen LogP contribution in [0.3, 0.4) is 0 Å². The second kappa shape index (κ2) is 30.9. The average molecular weight is 1120 g/mol. The van der Waals surface area contributed by atoms with Crippen LogP contribution >= 0.6 is 0 Å². The number of esters is 3. The first-order valence-corrected chi connectivity index (χ1v) is 26.2. The predicted molar refractivity (Wildman–Crippen MR) is 284 cm³/mol. The molecule has 1 amide bonds. The van der Waals surface area contributed by atoms with Crippen LogP contribution in [0.4, 0.5) is 0 Å². The first-order valence-electron chi connectivity index (χ1n) is 26.2. The zero-order chi connectivity index (χ0) is 57.7. The number of hydrogen-bond donors (Lipinski definition) is 3. The maximum Gasteiger partial charge on any atom is 0.330 e. The highest BCUT2D eigenvalue weighted by Crippen LogP contribution is 2.43. The summed E-state index contributed by atoms with van der Waals surface area (Å²) >= 11 is 0. The van der Waals surface area contributed by atoms with Crippen LogP contribution in [0.2, 0.25) is 0 Å². The van der Waals surface area contributed by atoms with E-state index in [1.165, 1.54) is 24.6 Å². The van der Waals surface area contributed by atoms with Gasteiger partial charge in [-0.2, -0.15) is 0 Å². The van der Waals surface area contributed by atoms with Crippen molar-refractivity contribution in [3.05, 3.63) is 128 Å². The van der Waals surface area contributed by atoms with Crippen LogP contribution in [0.15, 0.2) is 94.6 Å². The third kappa shape index (κ3) is 17.5. The van der Waals surface area contributed by atoms with Crippen molar-refractivity contribution in [3.63, 3.8) is 0 Å². The van der Waals surface area contributed by atoms with E-state index in [-0.39, 0.29) is 85.8 Å². The largest absolute Gasteiger partial charge is 0.497 e. The summed E-state index contributed by atoms with van der Waals surface area (Å²) < 4.78 is 77.2. The molecule has 7 atom stereocenters. The second-order valence-corrected chi connectivity index (χ2v) is 19.0. The number of nitrogens with one attached hydrogen (secondary N) is 2. The van der Waals surface area contributed by atoms with Gasteiger partial charge in [0.25, 0.3) is 5.56 Å². The van der Waals surface area contributed by atoms with Crippen LogP contribution < -0.4 is 26.0 Å². The normalized spacial score (nSPS) is 21.3. The molecule has 2 fully saturated rings. The minimum Gasteiger partial charge on any atom is -0.497 e. The lowest BCUT2D eigenvalue weighted by Crippen LogP contribution is -2.66. The number of morpholine rings is 1. The second-order valence-electron chi connectivity index (χ2n) is 19.0. The van der Waals surface area contributed by atoms with Gasteiger partial charge in [-0.05, 0) is 47.9 Å². The molecule has 2 saturated heterocycles. The Morgan fingerprint density at radius 2 is 1.26 bits per heavy atom. The molecule has 0 spiro atoms. The van der Waals surface area contributed by atoms with E-state index < -0.39 is 89.7 Å². The monoisotopic (exact) mass is 1120 g/mol. The van der Waals surface area contributed by atoms with Crippen molar-refractivity contribution in [2.24, 2.45) is 0 Å². The standard InChI is InChI=1S/C56H74N4O20/c1-37-31-60(54(67)58-52(37)66)48-32-59(34-55(35-61,80-48)36-76-56(42-11-9-8-10-12-42,43-13-17-45(68-6)18-14-43)44-15-19-46(69-7)20-16-44)21-22-70-23-24-71-25-26-72-27-28-73-29-30-74-53-49(57-38(2)62)51(78-41(5)65)50(77-40(4)64)47(79-53)33-75-39(3)63/h8-20,31,47-51,53,61H,21-30,32-36H2,1-7H3,(H,57,62)(H,58,66,67)/t47-,48-,49-,50+,51-,53-,55-/m1/s1. The minimum atomic E-state index is -1.40. The van der Waals surface area contributed by atoms with Crippen molar-refractivity contribution in [2.75, 3.05) is 113 Å². The summed E-state index contributed by atoms with van der Waals surface area (Å²) in [4.78, 5) is 78.1. The van der Waals surface area contributed by atoms with Crippen molar-refractivity contribution in [3.8, 4) is 11.5 Å². The van der Waals surface area contributed by atoms with Crippen LogP contribution in [0, 0.1) is 6.92 Å². The molecule has 80 heavy (non-hydrogen) atoms. The van der Waals surface area contributed by atoms with Crippen LogP contribution in [-0.4, -0.2) is 193 Å². The Morgan fingerprint density at radius 3 is 1.79 bits per heavy atom. The molecule has 4 aromatic rings. The number of benzene rings is 3. The van der Waals surface area contributed by atoms with Crippen LogP contribution in [0.25, 0.3) is 0 Å². The smallest absolute Gasteiger partial charge is 0.330 e. The minimum absolute atomic E-state index is 0.0288. The molecule has 0 bridgehead atoms. The van der Waals surface area contributed by atoms with Crippen LogP contribution in [-0.2, 0) is 76.9 Å². The van der Waals surface area contributed by atoms with Crippen LogP contribution in [0.5, 0.6) is 11.5 Å². The van der Waals surface area contributed by atoms with Gasteiger partial charge < -0.3 is 72.0 Å². The molecule has 0 unspecified atom stereocenters. The number of rotatable bonds is 31. The number of ether oxygens (including phenoxy) is 13. The molecule has 0 radical (unpaired) electrons. The molecule has 0 aliphatic carbocycles. The topological polar surface area (TPSA) is 279 Å². The maximum absolute atomic E-state index is 13.3. The Hall–Kier alpha value is -6.58. The third-order valence-electron chi connectivity index (χ3n) is 13.0.